The van der Waals surface area contributed by atoms with E-state index in [1.807, 2.05) is 45.2 Å². The van der Waals surface area contributed by atoms with Crippen LogP contribution >= 0.6 is 0 Å². The van der Waals surface area contributed by atoms with Crippen LogP contribution in [0.3, 0.4) is 0 Å². The maximum absolute atomic E-state index is 12.6. The van der Waals surface area contributed by atoms with E-state index in [4.69, 9.17) is 4.74 Å². The number of ether oxygens (including phenoxy) is 1. The molecule has 1 heterocycles. The van der Waals surface area contributed by atoms with Gasteiger partial charge in [0.1, 0.15) is 5.60 Å². The summed E-state index contributed by atoms with van der Waals surface area (Å²) in [6, 6.07) is 15.3. The van der Waals surface area contributed by atoms with Gasteiger partial charge >= 0.3 is 6.09 Å². The first-order chi connectivity index (χ1) is 13.8. The molecule has 1 N–H and O–H groups in total. The van der Waals surface area contributed by atoms with E-state index in [9.17, 15) is 4.79 Å². The van der Waals surface area contributed by atoms with Gasteiger partial charge in [-0.15, -0.1) is 0 Å². The zero-order valence-corrected chi connectivity index (χ0v) is 17.8. The molecular weight excluding hydrogens is 360 g/mol. The molecule has 3 aromatic rings. The maximum atomic E-state index is 12.6. The van der Waals surface area contributed by atoms with Gasteiger partial charge in [0.25, 0.3) is 0 Å². The van der Waals surface area contributed by atoms with Crippen LogP contribution in [0, 0.1) is 6.92 Å². The lowest BCUT2D eigenvalue weighted by Crippen LogP contribution is -2.31. The molecule has 152 valence electrons. The molecule has 1 atom stereocenters. The van der Waals surface area contributed by atoms with Crippen molar-refractivity contribution >= 4 is 17.0 Å². The highest BCUT2D eigenvalue weighted by Gasteiger charge is 2.22. The minimum atomic E-state index is -0.514. The van der Waals surface area contributed by atoms with Crippen molar-refractivity contribution in [2.24, 2.45) is 0 Å². The Kier molecular flexibility index (Phi) is 5.22. The highest BCUT2D eigenvalue weighted by Crippen LogP contribution is 2.25. The largest absolute Gasteiger partial charge is 0.443 e. The lowest BCUT2D eigenvalue weighted by molar-refractivity contribution is 0.0544. The number of rotatable bonds is 4. The summed E-state index contributed by atoms with van der Waals surface area (Å²) in [5.41, 5.74) is 5.84. The van der Waals surface area contributed by atoms with E-state index in [0.29, 0.717) is 6.04 Å². The maximum Gasteiger partial charge on any atom is 0.419 e. The van der Waals surface area contributed by atoms with E-state index in [0.717, 1.165) is 36.7 Å². The van der Waals surface area contributed by atoms with Gasteiger partial charge in [-0.05, 0) is 76.3 Å². The molecule has 0 saturated carbocycles. The monoisotopic (exact) mass is 390 g/mol. The second kappa shape index (κ2) is 7.68. The molecule has 2 aromatic carbocycles. The molecule has 0 fully saturated rings. The highest BCUT2D eigenvalue weighted by atomic mass is 16.6. The molecule has 1 aromatic heterocycles. The third kappa shape index (κ3) is 4.38. The molecule has 0 saturated heterocycles. The van der Waals surface area contributed by atoms with Crippen molar-refractivity contribution in [3.05, 3.63) is 70.9 Å². The second-order valence-corrected chi connectivity index (χ2v) is 9.10. The fraction of sp³-hybridized carbons (Fsp3) is 0.400. The summed E-state index contributed by atoms with van der Waals surface area (Å²) in [5.74, 6) is 0. The van der Waals surface area contributed by atoms with Crippen molar-refractivity contribution in [2.45, 2.75) is 58.6 Å². The van der Waals surface area contributed by atoms with Crippen LogP contribution < -0.4 is 5.32 Å². The zero-order valence-electron chi connectivity index (χ0n) is 17.8. The van der Waals surface area contributed by atoms with Gasteiger partial charge in [-0.25, -0.2) is 4.79 Å². The number of benzene rings is 2. The van der Waals surface area contributed by atoms with E-state index in [2.05, 4.69) is 36.5 Å². The Hall–Kier alpha value is -2.59. The molecule has 4 rings (SSSR count). The van der Waals surface area contributed by atoms with Crippen LogP contribution in [0.5, 0.6) is 0 Å². The summed E-state index contributed by atoms with van der Waals surface area (Å²) < 4.78 is 7.23. The summed E-state index contributed by atoms with van der Waals surface area (Å²) in [6.45, 7) is 8.72. The number of para-hydroxylation sites is 1. The van der Waals surface area contributed by atoms with Gasteiger partial charge in [-0.2, -0.15) is 0 Å². The summed E-state index contributed by atoms with van der Waals surface area (Å²) >= 11 is 0. The number of hydrogen-bond acceptors (Lipinski definition) is 3. The summed E-state index contributed by atoms with van der Waals surface area (Å²) in [5, 5.41) is 4.83. The summed E-state index contributed by atoms with van der Waals surface area (Å²) in [6.07, 6.45) is 4.68. The van der Waals surface area contributed by atoms with Crippen LogP contribution in [0.15, 0.2) is 48.7 Å². The molecule has 0 bridgehead atoms. The molecule has 4 heteroatoms. The first kappa shape index (κ1) is 19.7. The number of nitrogens with one attached hydrogen (secondary N) is 1. The van der Waals surface area contributed by atoms with Crippen LogP contribution in [0.25, 0.3) is 10.9 Å². The van der Waals surface area contributed by atoms with Crippen molar-refractivity contribution in [2.75, 3.05) is 6.54 Å². The molecule has 1 aliphatic rings. The Morgan fingerprint density at radius 1 is 1.14 bits per heavy atom. The topological polar surface area (TPSA) is 43.3 Å². The average Bonchev–Trinajstić information content (AvgIpc) is 3.21. The fourth-order valence-corrected chi connectivity index (χ4v) is 4.21. The van der Waals surface area contributed by atoms with E-state index >= 15 is 0 Å². The molecule has 0 spiro atoms. The van der Waals surface area contributed by atoms with Crippen molar-refractivity contribution in [1.82, 2.24) is 9.88 Å². The number of carbonyl (C=O) groups excluding carboxylic acids is 1. The third-order valence-electron chi connectivity index (χ3n) is 5.51. The normalized spacial score (nSPS) is 16.2. The number of hydrogen-bond donors (Lipinski definition) is 1. The van der Waals surface area contributed by atoms with Crippen LogP contribution in [0.1, 0.15) is 43.0 Å². The Morgan fingerprint density at radius 3 is 2.69 bits per heavy atom. The molecule has 0 amide bonds. The Morgan fingerprint density at radius 2 is 1.90 bits per heavy atom. The van der Waals surface area contributed by atoms with Gasteiger partial charge in [-0.1, -0.05) is 42.0 Å². The van der Waals surface area contributed by atoms with Crippen LogP contribution in [0.4, 0.5) is 4.79 Å². The van der Waals surface area contributed by atoms with E-state index in [1.165, 1.54) is 22.3 Å². The Labute approximate surface area is 172 Å². The van der Waals surface area contributed by atoms with E-state index < -0.39 is 5.60 Å². The SMILES string of the molecule is Cc1ccc2c(c1)CC(NCCc1cn(C(=O)OC(C)(C)C)c3ccccc13)C2. The lowest BCUT2D eigenvalue weighted by atomic mass is 10.1. The average molecular weight is 391 g/mol. The number of aromatic nitrogens is 1. The molecule has 1 aliphatic carbocycles. The predicted octanol–water partition coefficient (Wildman–Crippen LogP) is 5.03. The first-order valence-electron chi connectivity index (χ1n) is 10.4. The molecular formula is C25H30N2O2. The number of nitrogens with zero attached hydrogens (tertiary/aromatic N) is 1. The predicted molar refractivity (Wildman–Crippen MR) is 118 cm³/mol. The second-order valence-electron chi connectivity index (χ2n) is 9.10. The fourth-order valence-electron chi connectivity index (χ4n) is 4.21. The summed E-state index contributed by atoms with van der Waals surface area (Å²) in [7, 11) is 0. The van der Waals surface area contributed by atoms with Crippen molar-refractivity contribution in [1.29, 1.82) is 0 Å². The Balaban J connectivity index is 1.44. The molecule has 29 heavy (non-hydrogen) atoms. The quantitative estimate of drug-likeness (QED) is 0.679. The van der Waals surface area contributed by atoms with Crippen LogP contribution in [-0.4, -0.2) is 28.8 Å². The molecule has 1 unspecified atom stereocenters. The number of fused-ring (bicyclic) bond motifs is 2. The van der Waals surface area contributed by atoms with Gasteiger partial charge in [0.05, 0.1) is 5.52 Å². The highest BCUT2D eigenvalue weighted by molar-refractivity contribution is 5.92. The van der Waals surface area contributed by atoms with Crippen molar-refractivity contribution < 1.29 is 9.53 Å². The third-order valence-corrected chi connectivity index (χ3v) is 5.51. The van der Waals surface area contributed by atoms with E-state index in [-0.39, 0.29) is 6.09 Å². The van der Waals surface area contributed by atoms with Crippen molar-refractivity contribution in [3.63, 3.8) is 0 Å². The van der Waals surface area contributed by atoms with Gasteiger partial charge in [0.15, 0.2) is 0 Å². The Bertz CT molecular complexity index is 1040. The van der Waals surface area contributed by atoms with Gasteiger partial charge in [0, 0.05) is 17.6 Å². The number of aryl methyl sites for hydroxylation is 1. The summed E-state index contributed by atoms with van der Waals surface area (Å²) in [4.78, 5) is 12.6. The zero-order chi connectivity index (χ0) is 20.6. The minimum Gasteiger partial charge on any atom is -0.443 e. The number of carbonyl (C=O) groups is 1. The standard InChI is InChI=1S/C25H30N2O2/c1-17-9-10-18-14-21(15-20(18)13-17)26-12-11-19-16-27(24(28)29-25(2,3)4)23-8-6-5-7-22(19)23/h5-10,13,16,21,26H,11-12,14-15H2,1-4H3. The van der Waals surface area contributed by atoms with Gasteiger partial charge in [-0.3, -0.25) is 4.57 Å². The van der Waals surface area contributed by atoms with Crippen LogP contribution in [-0.2, 0) is 24.0 Å². The minimum absolute atomic E-state index is 0.325. The van der Waals surface area contributed by atoms with Crippen LogP contribution in [0.2, 0.25) is 0 Å². The molecule has 0 aliphatic heterocycles. The molecule has 4 nitrogen and oxygen atoms in total. The van der Waals surface area contributed by atoms with Gasteiger partial charge in [0.2, 0.25) is 0 Å². The van der Waals surface area contributed by atoms with Gasteiger partial charge < -0.3 is 10.1 Å². The molecule has 0 radical (unpaired) electrons. The lowest BCUT2D eigenvalue weighted by Gasteiger charge is -2.19. The van der Waals surface area contributed by atoms with E-state index in [1.54, 1.807) is 4.57 Å². The first-order valence-corrected chi connectivity index (χ1v) is 10.4. The smallest absolute Gasteiger partial charge is 0.419 e. The van der Waals surface area contributed by atoms with Crippen molar-refractivity contribution in [3.8, 4) is 0 Å².